The normalized spacial score (nSPS) is 27.8. The Kier molecular flexibility index (Phi) is 2.68. The molecule has 2 atom stereocenters. The summed E-state index contributed by atoms with van der Waals surface area (Å²) in [5.74, 6) is 0.228. The van der Waals surface area contributed by atoms with Crippen molar-refractivity contribution in [3.8, 4) is 0 Å². The fourth-order valence-electron chi connectivity index (χ4n) is 1.14. The van der Waals surface area contributed by atoms with E-state index in [9.17, 15) is 4.79 Å². The SMILES string of the molecule is CCOC(=O)[C@@H]1OC(C)=N[C@@H]1C. The Balaban J connectivity index is 2.51. The molecule has 0 fully saturated rings. The van der Waals surface area contributed by atoms with Crippen LogP contribution in [0, 0.1) is 0 Å². The molecule has 4 heteroatoms. The van der Waals surface area contributed by atoms with Crippen LogP contribution in [-0.4, -0.2) is 30.6 Å². The minimum atomic E-state index is -0.537. The lowest BCUT2D eigenvalue weighted by Crippen LogP contribution is -2.31. The molecule has 12 heavy (non-hydrogen) atoms. The van der Waals surface area contributed by atoms with Gasteiger partial charge in [0.25, 0.3) is 0 Å². The maximum Gasteiger partial charge on any atom is 0.349 e. The average molecular weight is 171 g/mol. The van der Waals surface area contributed by atoms with Gasteiger partial charge in [0, 0.05) is 6.92 Å². The van der Waals surface area contributed by atoms with Crippen LogP contribution >= 0.6 is 0 Å². The second-order valence-corrected chi connectivity index (χ2v) is 2.68. The topological polar surface area (TPSA) is 47.9 Å². The van der Waals surface area contributed by atoms with E-state index in [2.05, 4.69) is 4.99 Å². The molecule has 0 aliphatic carbocycles. The molecular formula is C8H13NO3. The molecule has 1 rings (SSSR count). The summed E-state index contributed by atoms with van der Waals surface area (Å²) >= 11 is 0. The zero-order valence-corrected chi connectivity index (χ0v) is 7.53. The van der Waals surface area contributed by atoms with Crippen molar-refractivity contribution in [1.29, 1.82) is 0 Å². The number of carbonyl (C=O) groups excluding carboxylic acids is 1. The van der Waals surface area contributed by atoms with E-state index < -0.39 is 6.10 Å². The molecule has 1 aliphatic heterocycles. The van der Waals surface area contributed by atoms with E-state index in [0.29, 0.717) is 12.5 Å². The van der Waals surface area contributed by atoms with Crippen LogP contribution in [0.2, 0.25) is 0 Å². The highest BCUT2D eigenvalue weighted by atomic mass is 16.6. The zero-order chi connectivity index (χ0) is 9.14. The molecule has 0 radical (unpaired) electrons. The molecule has 1 heterocycles. The molecule has 4 nitrogen and oxygen atoms in total. The summed E-state index contributed by atoms with van der Waals surface area (Å²) in [7, 11) is 0. The molecule has 0 unspecified atom stereocenters. The van der Waals surface area contributed by atoms with Gasteiger partial charge in [-0.3, -0.25) is 0 Å². The second-order valence-electron chi connectivity index (χ2n) is 2.68. The van der Waals surface area contributed by atoms with Gasteiger partial charge in [-0.05, 0) is 13.8 Å². The number of carbonyl (C=O) groups is 1. The molecule has 0 aromatic carbocycles. The number of hydrogen-bond acceptors (Lipinski definition) is 4. The van der Waals surface area contributed by atoms with Crippen LogP contribution in [0.15, 0.2) is 4.99 Å². The highest BCUT2D eigenvalue weighted by Gasteiger charge is 2.33. The van der Waals surface area contributed by atoms with E-state index in [0.717, 1.165) is 0 Å². The molecule has 68 valence electrons. The molecule has 0 saturated heterocycles. The molecule has 0 spiro atoms. The summed E-state index contributed by atoms with van der Waals surface area (Å²) in [5.41, 5.74) is 0. The first-order chi connectivity index (χ1) is 5.65. The van der Waals surface area contributed by atoms with Crippen LogP contribution in [0.25, 0.3) is 0 Å². The molecule has 0 aromatic heterocycles. The van der Waals surface area contributed by atoms with Gasteiger partial charge in [-0.2, -0.15) is 0 Å². The van der Waals surface area contributed by atoms with Gasteiger partial charge in [-0.1, -0.05) is 0 Å². The molecular weight excluding hydrogens is 158 g/mol. The third kappa shape index (κ3) is 1.75. The maximum atomic E-state index is 11.2. The number of ether oxygens (including phenoxy) is 2. The first-order valence-corrected chi connectivity index (χ1v) is 4.03. The van der Waals surface area contributed by atoms with E-state index in [4.69, 9.17) is 9.47 Å². The Labute approximate surface area is 71.6 Å². The lowest BCUT2D eigenvalue weighted by atomic mass is 10.2. The summed E-state index contributed by atoms with van der Waals surface area (Å²) in [6.07, 6.45) is -0.537. The predicted molar refractivity (Wildman–Crippen MR) is 44.1 cm³/mol. The number of esters is 1. The Hall–Kier alpha value is -1.06. The van der Waals surface area contributed by atoms with Gasteiger partial charge < -0.3 is 9.47 Å². The Morgan fingerprint density at radius 1 is 1.75 bits per heavy atom. The number of rotatable bonds is 2. The smallest absolute Gasteiger partial charge is 0.349 e. The van der Waals surface area contributed by atoms with Crippen molar-refractivity contribution in [2.75, 3.05) is 6.61 Å². The molecule has 0 aromatic rings. The molecule has 0 bridgehead atoms. The maximum absolute atomic E-state index is 11.2. The molecule has 0 amide bonds. The zero-order valence-electron chi connectivity index (χ0n) is 7.53. The van der Waals surface area contributed by atoms with Gasteiger partial charge >= 0.3 is 5.97 Å². The third-order valence-electron chi connectivity index (χ3n) is 1.64. The highest BCUT2D eigenvalue weighted by molar-refractivity contribution is 5.84. The van der Waals surface area contributed by atoms with Gasteiger partial charge in [-0.15, -0.1) is 0 Å². The molecule has 1 aliphatic rings. The van der Waals surface area contributed by atoms with Gasteiger partial charge in [-0.25, -0.2) is 9.79 Å². The summed E-state index contributed by atoms with van der Waals surface area (Å²) in [4.78, 5) is 15.2. The van der Waals surface area contributed by atoms with E-state index in [-0.39, 0.29) is 12.0 Å². The Bertz CT molecular complexity index is 212. The summed E-state index contributed by atoms with van der Waals surface area (Å²) in [6, 6.07) is -0.121. The summed E-state index contributed by atoms with van der Waals surface area (Å²) in [5, 5.41) is 0. The number of aliphatic imine (C=N–C) groups is 1. The minimum Gasteiger partial charge on any atom is -0.464 e. The van der Waals surface area contributed by atoms with Crippen LogP contribution in [0.5, 0.6) is 0 Å². The van der Waals surface area contributed by atoms with Crippen molar-refractivity contribution in [1.82, 2.24) is 0 Å². The predicted octanol–water partition coefficient (Wildman–Crippen LogP) is 0.755. The largest absolute Gasteiger partial charge is 0.464 e. The van der Waals surface area contributed by atoms with Crippen molar-refractivity contribution in [2.45, 2.75) is 32.9 Å². The number of nitrogens with zero attached hydrogens (tertiary/aromatic N) is 1. The van der Waals surface area contributed by atoms with Crippen molar-refractivity contribution >= 4 is 11.9 Å². The van der Waals surface area contributed by atoms with Crippen LogP contribution in [0.3, 0.4) is 0 Å². The van der Waals surface area contributed by atoms with Crippen LogP contribution in [0.4, 0.5) is 0 Å². The average Bonchev–Trinajstić information content (AvgIpc) is 2.30. The van der Waals surface area contributed by atoms with Crippen molar-refractivity contribution in [3.63, 3.8) is 0 Å². The van der Waals surface area contributed by atoms with E-state index >= 15 is 0 Å². The van der Waals surface area contributed by atoms with E-state index in [1.54, 1.807) is 13.8 Å². The lowest BCUT2D eigenvalue weighted by Gasteiger charge is -2.11. The second kappa shape index (κ2) is 3.56. The van der Waals surface area contributed by atoms with Crippen LogP contribution in [0.1, 0.15) is 20.8 Å². The van der Waals surface area contributed by atoms with Gasteiger partial charge in [0.15, 0.2) is 5.90 Å². The third-order valence-corrected chi connectivity index (χ3v) is 1.64. The standard InChI is InChI=1S/C8H13NO3/c1-4-11-8(10)7-5(2)9-6(3)12-7/h5,7H,4H2,1-3H3/t5-,7-/m1/s1. The Morgan fingerprint density at radius 2 is 2.42 bits per heavy atom. The molecule has 0 N–H and O–H groups in total. The fourth-order valence-corrected chi connectivity index (χ4v) is 1.14. The Morgan fingerprint density at radius 3 is 2.83 bits per heavy atom. The number of hydrogen-bond donors (Lipinski definition) is 0. The summed E-state index contributed by atoms with van der Waals surface area (Å²) in [6.45, 7) is 5.71. The van der Waals surface area contributed by atoms with Gasteiger partial charge in [0.1, 0.15) is 0 Å². The first-order valence-electron chi connectivity index (χ1n) is 4.03. The van der Waals surface area contributed by atoms with Crippen molar-refractivity contribution < 1.29 is 14.3 Å². The van der Waals surface area contributed by atoms with Gasteiger partial charge in [0.2, 0.25) is 6.10 Å². The van der Waals surface area contributed by atoms with Crippen LogP contribution in [-0.2, 0) is 14.3 Å². The minimum absolute atomic E-state index is 0.121. The van der Waals surface area contributed by atoms with Crippen molar-refractivity contribution in [2.24, 2.45) is 4.99 Å². The first kappa shape index (κ1) is 9.03. The fraction of sp³-hybridized carbons (Fsp3) is 0.750. The summed E-state index contributed by atoms with van der Waals surface area (Å²) < 4.78 is 9.97. The van der Waals surface area contributed by atoms with Crippen molar-refractivity contribution in [3.05, 3.63) is 0 Å². The van der Waals surface area contributed by atoms with E-state index in [1.807, 2.05) is 6.92 Å². The van der Waals surface area contributed by atoms with Gasteiger partial charge in [0.05, 0.1) is 12.6 Å². The highest BCUT2D eigenvalue weighted by Crippen LogP contribution is 2.14. The van der Waals surface area contributed by atoms with E-state index in [1.165, 1.54) is 0 Å². The monoisotopic (exact) mass is 171 g/mol. The quantitative estimate of drug-likeness (QED) is 0.576. The molecule has 0 saturated carbocycles. The van der Waals surface area contributed by atoms with Crippen LogP contribution < -0.4 is 0 Å². The lowest BCUT2D eigenvalue weighted by molar-refractivity contribution is -0.151.